The Kier molecular flexibility index (Phi) is 9.11. The number of rotatable bonds is 8. The van der Waals surface area contributed by atoms with Crippen LogP contribution in [-0.4, -0.2) is 4.57 Å². The summed E-state index contributed by atoms with van der Waals surface area (Å²) in [6.45, 7) is 0. The maximum atomic E-state index is 2.47. The molecule has 0 fully saturated rings. The molecular weight excluding hydrogens is 809 g/mol. The number of hydrogen-bond donors (Lipinski definition) is 0. The number of anilines is 3. The SMILES string of the molecule is c1ccc(N(c2cccc(-c3cccc(-c4ccc5c(c4)c4ccccc4n5-c4ccc5c(c4)C(c4ccccc4)(c4ccccc4)c4ccccc4-5)c3)c2)c2cccc3ccccc23)cc1. The maximum Gasteiger partial charge on any atom is 0.0714 e. The predicted octanol–water partition coefficient (Wildman–Crippen LogP) is 17.1. The summed E-state index contributed by atoms with van der Waals surface area (Å²) in [5, 5.41) is 4.90. The van der Waals surface area contributed by atoms with Crippen molar-refractivity contribution in [2.24, 2.45) is 0 Å². The molecule has 0 spiro atoms. The second-order valence-electron chi connectivity index (χ2n) is 17.6. The van der Waals surface area contributed by atoms with Crippen LogP contribution in [0.15, 0.2) is 267 Å². The van der Waals surface area contributed by atoms with Crippen molar-refractivity contribution in [3.8, 4) is 39.1 Å². The molecule has 1 aliphatic rings. The predicted molar refractivity (Wildman–Crippen MR) is 281 cm³/mol. The van der Waals surface area contributed by atoms with Crippen molar-refractivity contribution < 1.29 is 0 Å². The average molecular weight is 853 g/mol. The van der Waals surface area contributed by atoms with E-state index in [0.29, 0.717) is 0 Å². The highest BCUT2D eigenvalue weighted by Crippen LogP contribution is 2.56. The topological polar surface area (TPSA) is 8.17 Å². The second-order valence-corrected chi connectivity index (χ2v) is 17.6. The van der Waals surface area contributed by atoms with Gasteiger partial charge in [0.25, 0.3) is 0 Å². The first-order valence-corrected chi connectivity index (χ1v) is 23.2. The van der Waals surface area contributed by atoms with Gasteiger partial charge in [-0.1, -0.05) is 200 Å². The lowest BCUT2D eigenvalue weighted by atomic mass is 9.67. The van der Waals surface area contributed by atoms with Gasteiger partial charge in [0, 0.05) is 33.2 Å². The van der Waals surface area contributed by atoms with Crippen molar-refractivity contribution in [3.63, 3.8) is 0 Å². The van der Waals surface area contributed by atoms with Crippen molar-refractivity contribution in [1.82, 2.24) is 4.57 Å². The minimum atomic E-state index is -0.476. The molecule has 13 rings (SSSR count). The number of nitrogens with zero attached hydrogens (tertiary/aromatic N) is 2. The zero-order valence-electron chi connectivity index (χ0n) is 36.8. The Bertz CT molecular complexity index is 3770. The normalized spacial score (nSPS) is 12.6. The highest BCUT2D eigenvalue weighted by Gasteiger charge is 2.46. The van der Waals surface area contributed by atoms with Crippen molar-refractivity contribution >= 4 is 49.6 Å². The first-order valence-electron chi connectivity index (χ1n) is 23.2. The first-order chi connectivity index (χ1) is 33.2. The van der Waals surface area contributed by atoms with Gasteiger partial charge >= 0.3 is 0 Å². The molecule has 314 valence electrons. The molecule has 0 radical (unpaired) electrons. The van der Waals surface area contributed by atoms with Crippen LogP contribution in [-0.2, 0) is 5.41 Å². The fourth-order valence-electron chi connectivity index (χ4n) is 11.1. The van der Waals surface area contributed by atoms with Crippen LogP contribution in [0.2, 0.25) is 0 Å². The Hall–Kier alpha value is -8.72. The van der Waals surface area contributed by atoms with Gasteiger partial charge in [-0.05, 0) is 128 Å². The van der Waals surface area contributed by atoms with E-state index in [1.807, 2.05) is 0 Å². The van der Waals surface area contributed by atoms with Gasteiger partial charge in [-0.15, -0.1) is 0 Å². The highest BCUT2D eigenvalue weighted by molar-refractivity contribution is 6.10. The lowest BCUT2D eigenvalue weighted by Crippen LogP contribution is -2.28. The van der Waals surface area contributed by atoms with Crippen LogP contribution in [0.1, 0.15) is 22.3 Å². The molecule has 2 nitrogen and oxygen atoms in total. The molecule has 1 heterocycles. The quantitative estimate of drug-likeness (QED) is 0.148. The third-order valence-corrected chi connectivity index (χ3v) is 14.0. The summed E-state index contributed by atoms with van der Waals surface area (Å²) in [7, 11) is 0. The molecule has 0 unspecified atom stereocenters. The van der Waals surface area contributed by atoms with Crippen molar-refractivity contribution in [2.75, 3.05) is 4.90 Å². The van der Waals surface area contributed by atoms with E-state index in [1.165, 1.54) is 88.2 Å². The van der Waals surface area contributed by atoms with Gasteiger partial charge in [-0.25, -0.2) is 0 Å². The molecule has 0 bridgehead atoms. The lowest BCUT2D eigenvalue weighted by molar-refractivity contribution is 0.767. The number of fused-ring (bicyclic) bond motifs is 7. The van der Waals surface area contributed by atoms with E-state index in [9.17, 15) is 0 Å². The van der Waals surface area contributed by atoms with E-state index in [1.54, 1.807) is 0 Å². The Morgan fingerprint density at radius 3 is 1.64 bits per heavy atom. The van der Waals surface area contributed by atoms with Crippen LogP contribution in [0, 0.1) is 0 Å². The van der Waals surface area contributed by atoms with Crippen molar-refractivity contribution in [3.05, 3.63) is 289 Å². The van der Waals surface area contributed by atoms with Crippen molar-refractivity contribution in [1.29, 1.82) is 0 Å². The molecule has 0 atom stereocenters. The molecular formula is C65H44N2. The summed E-state index contributed by atoms with van der Waals surface area (Å²) in [6, 6.07) is 98.0. The second kappa shape index (κ2) is 15.8. The van der Waals surface area contributed by atoms with Crippen LogP contribution in [0.5, 0.6) is 0 Å². The summed E-state index contributed by atoms with van der Waals surface area (Å²) in [6.07, 6.45) is 0. The minimum Gasteiger partial charge on any atom is -0.310 e. The van der Waals surface area contributed by atoms with E-state index in [4.69, 9.17) is 0 Å². The van der Waals surface area contributed by atoms with Gasteiger partial charge in [0.05, 0.1) is 22.1 Å². The molecule has 0 saturated carbocycles. The monoisotopic (exact) mass is 852 g/mol. The molecule has 0 N–H and O–H groups in total. The molecule has 11 aromatic carbocycles. The molecule has 1 aliphatic carbocycles. The Labute approximate surface area is 390 Å². The summed E-state index contributed by atoms with van der Waals surface area (Å²) in [5.41, 5.74) is 18.9. The number of aromatic nitrogens is 1. The number of hydrogen-bond acceptors (Lipinski definition) is 1. The summed E-state index contributed by atoms with van der Waals surface area (Å²) < 4.78 is 2.47. The summed E-state index contributed by atoms with van der Waals surface area (Å²) in [5.74, 6) is 0. The van der Waals surface area contributed by atoms with Crippen molar-refractivity contribution in [2.45, 2.75) is 5.41 Å². The Morgan fingerprint density at radius 1 is 0.313 bits per heavy atom. The average Bonchev–Trinajstić information content (AvgIpc) is 3.90. The van der Waals surface area contributed by atoms with E-state index < -0.39 is 5.41 Å². The lowest BCUT2D eigenvalue weighted by Gasteiger charge is -2.34. The first kappa shape index (κ1) is 38.7. The standard InChI is InChI=1S/C65H44N2/c1-4-24-50(25-5-1)65(51-26-6-2-7-27-51)60-34-14-12-32-56(60)57-39-38-54(44-61(57)65)67-63-35-15-13-33-58(63)59-43-49(37-40-64(59)67)47-22-16-21-46(41-47)48-23-17-30-53(42-48)66(52-28-8-3-9-29-52)62-36-18-20-45-19-10-11-31-55(45)62/h1-44H. The Morgan fingerprint density at radius 2 is 0.866 bits per heavy atom. The number of benzene rings is 11. The molecule has 2 heteroatoms. The fourth-order valence-corrected chi connectivity index (χ4v) is 11.1. The Balaban J connectivity index is 0.926. The zero-order chi connectivity index (χ0) is 44.3. The maximum absolute atomic E-state index is 2.47. The van der Waals surface area contributed by atoms with Gasteiger partial charge in [-0.2, -0.15) is 0 Å². The van der Waals surface area contributed by atoms with Gasteiger partial charge in [0.2, 0.25) is 0 Å². The largest absolute Gasteiger partial charge is 0.310 e. The van der Waals surface area contributed by atoms with Crippen LogP contribution in [0.4, 0.5) is 17.1 Å². The van der Waals surface area contributed by atoms with Gasteiger partial charge in [0.1, 0.15) is 0 Å². The molecule has 12 aromatic rings. The van der Waals surface area contributed by atoms with Gasteiger partial charge in [-0.3, -0.25) is 0 Å². The zero-order valence-corrected chi connectivity index (χ0v) is 36.8. The summed E-state index contributed by atoms with van der Waals surface area (Å²) in [4.78, 5) is 2.38. The van der Waals surface area contributed by atoms with E-state index in [0.717, 1.165) is 22.7 Å². The van der Waals surface area contributed by atoms with E-state index in [2.05, 4.69) is 276 Å². The third kappa shape index (κ3) is 6.18. The third-order valence-electron chi connectivity index (χ3n) is 14.0. The number of para-hydroxylation sites is 2. The molecule has 0 saturated heterocycles. The summed E-state index contributed by atoms with van der Waals surface area (Å²) >= 11 is 0. The minimum absolute atomic E-state index is 0.476. The molecule has 67 heavy (non-hydrogen) atoms. The van der Waals surface area contributed by atoms with E-state index in [-0.39, 0.29) is 0 Å². The van der Waals surface area contributed by atoms with Gasteiger partial charge in [0.15, 0.2) is 0 Å². The van der Waals surface area contributed by atoms with Crippen LogP contribution in [0.25, 0.3) is 71.6 Å². The molecule has 1 aromatic heterocycles. The molecule has 0 aliphatic heterocycles. The van der Waals surface area contributed by atoms with Crippen LogP contribution < -0.4 is 4.90 Å². The molecule has 0 amide bonds. The highest BCUT2D eigenvalue weighted by atomic mass is 15.1. The van der Waals surface area contributed by atoms with Crippen LogP contribution in [0.3, 0.4) is 0 Å². The fraction of sp³-hybridized carbons (Fsp3) is 0.0154. The smallest absolute Gasteiger partial charge is 0.0714 e. The van der Waals surface area contributed by atoms with Gasteiger partial charge < -0.3 is 9.47 Å². The van der Waals surface area contributed by atoms with Crippen LogP contribution >= 0.6 is 0 Å². The van der Waals surface area contributed by atoms with E-state index >= 15 is 0 Å².